The molecule has 1 atom stereocenters. The van der Waals surface area contributed by atoms with E-state index in [0.29, 0.717) is 18.3 Å². The Morgan fingerprint density at radius 3 is 2.60 bits per heavy atom. The number of ether oxygens (including phenoxy) is 1. The highest BCUT2D eigenvalue weighted by Gasteiger charge is 2.30. The number of benzene rings is 1. The van der Waals surface area contributed by atoms with Crippen molar-refractivity contribution in [2.75, 3.05) is 18.1 Å². The number of aliphatic hydroxyl groups excluding tert-OH is 1. The van der Waals surface area contributed by atoms with Gasteiger partial charge in [0.15, 0.2) is 11.2 Å². The molecule has 11 heteroatoms. The van der Waals surface area contributed by atoms with Crippen LogP contribution in [0.3, 0.4) is 0 Å². The molecule has 0 spiro atoms. The van der Waals surface area contributed by atoms with Gasteiger partial charge >= 0.3 is 5.69 Å². The maximum absolute atomic E-state index is 13.0. The minimum Gasteiger partial charge on any atom is -0.494 e. The summed E-state index contributed by atoms with van der Waals surface area (Å²) in [6.07, 6.45) is -0.775. The third kappa shape index (κ3) is 3.12. The fourth-order valence-electron chi connectivity index (χ4n) is 3.71. The molecule has 4 rings (SSSR count). The summed E-state index contributed by atoms with van der Waals surface area (Å²) in [6, 6.07) is 7.28. The molecule has 3 heterocycles. The molecule has 1 aliphatic rings. The van der Waals surface area contributed by atoms with Crippen molar-refractivity contribution in [3.05, 3.63) is 45.1 Å². The van der Waals surface area contributed by atoms with Crippen molar-refractivity contribution in [2.24, 2.45) is 12.8 Å². The standard InChI is InChI=1S/C19H22N6O5/c1-3-30-13-6-4-11(5-7-13)23-8-12(26)9-24-15-16(21-18(23)24)22(2)19(29)25(17(15)28)10-14(20)27/h4-7,12,26H,3,8-10H2,1-2H3,(H2,20,27). The number of hydrogen-bond acceptors (Lipinski definition) is 7. The maximum atomic E-state index is 13.0. The van der Waals surface area contributed by atoms with E-state index in [-0.39, 0.29) is 24.3 Å². The van der Waals surface area contributed by atoms with Gasteiger partial charge in [-0.3, -0.25) is 14.2 Å². The van der Waals surface area contributed by atoms with Gasteiger partial charge in [-0.15, -0.1) is 0 Å². The van der Waals surface area contributed by atoms with Gasteiger partial charge in [0.1, 0.15) is 12.3 Å². The quantitative estimate of drug-likeness (QED) is 0.563. The second-order valence-corrected chi connectivity index (χ2v) is 7.09. The summed E-state index contributed by atoms with van der Waals surface area (Å²) in [5.41, 5.74) is 4.88. The second kappa shape index (κ2) is 7.34. The minimum atomic E-state index is -0.803. The number of β-amino-alcohol motifs (C(OH)–C–C–N with tert-alkyl or cyclic N) is 1. The van der Waals surface area contributed by atoms with Gasteiger partial charge in [0.2, 0.25) is 11.9 Å². The van der Waals surface area contributed by atoms with Crippen LogP contribution >= 0.6 is 0 Å². The van der Waals surface area contributed by atoms with E-state index in [1.807, 2.05) is 31.2 Å². The Kier molecular flexibility index (Phi) is 4.82. The van der Waals surface area contributed by atoms with Crippen molar-refractivity contribution in [3.63, 3.8) is 0 Å². The number of aromatic nitrogens is 4. The third-order valence-corrected chi connectivity index (χ3v) is 5.01. The molecular weight excluding hydrogens is 392 g/mol. The molecule has 30 heavy (non-hydrogen) atoms. The number of aryl methyl sites for hydroxylation is 1. The molecule has 0 fully saturated rings. The number of aliphatic hydroxyl groups is 1. The predicted molar refractivity (Wildman–Crippen MR) is 109 cm³/mol. The van der Waals surface area contributed by atoms with Crippen LogP contribution in [0.25, 0.3) is 11.2 Å². The molecule has 1 aliphatic heterocycles. The monoisotopic (exact) mass is 414 g/mol. The minimum absolute atomic E-state index is 0.128. The SMILES string of the molecule is CCOc1ccc(N2CC(O)Cn3c2nc2c3c(=O)n(CC(N)=O)c(=O)n2C)cc1. The Bertz CT molecular complexity index is 1240. The van der Waals surface area contributed by atoms with Crippen molar-refractivity contribution in [1.82, 2.24) is 18.7 Å². The van der Waals surface area contributed by atoms with Gasteiger partial charge in [0.05, 0.1) is 25.8 Å². The molecule has 11 nitrogen and oxygen atoms in total. The Balaban J connectivity index is 1.92. The molecule has 0 saturated carbocycles. The summed E-state index contributed by atoms with van der Waals surface area (Å²) >= 11 is 0. The number of primary amides is 1. The number of amides is 1. The zero-order valence-corrected chi connectivity index (χ0v) is 16.6. The van der Waals surface area contributed by atoms with Crippen LogP contribution in [0.1, 0.15) is 6.92 Å². The first-order valence-corrected chi connectivity index (χ1v) is 9.48. The van der Waals surface area contributed by atoms with Gasteiger partial charge in [0.25, 0.3) is 5.56 Å². The summed E-state index contributed by atoms with van der Waals surface area (Å²) in [7, 11) is 1.47. The highest BCUT2D eigenvalue weighted by molar-refractivity contribution is 5.78. The van der Waals surface area contributed by atoms with Gasteiger partial charge in [-0.1, -0.05) is 0 Å². The van der Waals surface area contributed by atoms with Gasteiger partial charge in [-0.05, 0) is 31.2 Å². The smallest absolute Gasteiger partial charge is 0.332 e. The Morgan fingerprint density at radius 2 is 1.97 bits per heavy atom. The average Bonchev–Trinajstić information content (AvgIpc) is 3.09. The Morgan fingerprint density at radius 1 is 1.27 bits per heavy atom. The van der Waals surface area contributed by atoms with Crippen LogP contribution in [0.15, 0.2) is 33.9 Å². The van der Waals surface area contributed by atoms with Crippen molar-refractivity contribution in [3.8, 4) is 5.75 Å². The molecule has 3 N–H and O–H groups in total. The molecular formula is C19H22N6O5. The van der Waals surface area contributed by atoms with Crippen LogP contribution in [-0.4, -0.2) is 49.0 Å². The number of nitrogens with zero attached hydrogens (tertiary/aromatic N) is 5. The van der Waals surface area contributed by atoms with E-state index in [4.69, 9.17) is 10.5 Å². The van der Waals surface area contributed by atoms with Crippen LogP contribution in [-0.2, 0) is 24.9 Å². The number of anilines is 2. The first kappa shape index (κ1) is 19.7. The van der Waals surface area contributed by atoms with Gasteiger partial charge in [0, 0.05) is 12.7 Å². The van der Waals surface area contributed by atoms with E-state index < -0.39 is 29.8 Å². The number of hydrogen-bond donors (Lipinski definition) is 2. The lowest BCUT2D eigenvalue weighted by Crippen LogP contribution is -2.43. The Labute approximate surface area is 170 Å². The first-order valence-electron chi connectivity index (χ1n) is 9.48. The molecule has 1 unspecified atom stereocenters. The number of fused-ring (bicyclic) bond motifs is 3. The number of carbonyl (C=O) groups excluding carboxylic acids is 1. The molecule has 0 bridgehead atoms. The molecule has 158 valence electrons. The van der Waals surface area contributed by atoms with Gasteiger partial charge in [-0.2, -0.15) is 4.98 Å². The van der Waals surface area contributed by atoms with Crippen LogP contribution in [0.5, 0.6) is 5.75 Å². The van der Waals surface area contributed by atoms with Crippen LogP contribution in [0, 0.1) is 0 Å². The van der Waals surface area contributed by atoms with Crippen LogP contribution < -0.4 is 26.6 Å². The molecule has 0 radical (unpaired) electrons. The number of rotatable bonds is 5. The predicted octanol–water partition coefficient (Wildman–Crippen LogP) is -0.707. The summed E-state index contributed by atoms with van der Waals surface area (Å²) in [4.78, 5) is 43.2. The second-order valence-electron chi connectivity index (χ2n) is 7.09. The van der Waals surface area contributed by atoms with E-state index in [2.05, 4.69) is 4.98 Å². The van der Waals surface area contributed by atoms with Gasteiger partial charge in [-0.25, -0.2) is 9.36 Å². The molecule has 2 aromatic heterocycles. The molecule has 1 aromatic carbocycles. The largest absolute Gasteiger partial charge is 0.494 e. The van der Waals surface area contributed by atoms with Crippen LogP contribution in [0.2, 0.25) is 0 Å². The third-order valence-electron chi connectivity index (χ3n) is 5.01. The maximum Gasteiger partial charge on any atom is 0.332 e. The Hall–Kier alpha value is -3.60. The normalized spacial score (nSPS) is 16.0. The zero-order chi connectivity index (χ0) is 21.6. The summed E-state index contributed by atoms with van der Waals surface area (Å²) in [5.74, 6) is 0.329. The van der Waals surface area contributed by atoms with E-state index in [9.17, 15) is 19.5 Å². The molecule has 3 aromatic rings. The van der Waals surface area contributed by atoms with Crippen LogP contribution in [0.4, 0.5) is 11.6 Å². The lowest BCUT2D eigenvalue weighted by atomic mass is 10.2. The lowest BCUT2D eigenvalue weighted by molar-refractivity contribution is -0.118. The van der Waals surface area contributed by atoms with E-state index in [1.54, 1.807) is 9.47 Å². The zero-order valence-electron chi connectivity index (χ0n) is 16.6. The fraction of sp³-hybridized carbons (Fsp3) is 0.368. The highest BCUT2D eigenvalue weighted by atomic mass is 16.5. The van der Waals surface area contributed by atoms with Crippen molar-refractivity contribution in [1.29, 1.82) is 0 Å². The van der Waals surface area contributed by atoms with Gasteiger partial charge < -0.3 is 25.0 Å². The summed E-state index contributed by atoms with van der Waals surface area (Å²) < 4.78 is 9.02. The lowest BCUT2D eigenvalue weighted by Gasteiger charge is -2.32. The highest BCUT2D eigenvalue weighted by Crippen LogP contribution is 2.32. The van der Waals surface area contributed by atoms with E-state index in [0.717, 1.165) is 10.3 Å². The topological polar surface area (TPSA) is 138 Å². The molecule has 1 amide bonds. The van der Waals surface area contributed by atoms with E-state index in [1.165, 1.54) is 11.6 Å². The first-order chi connectivity index (χ1) is 14.3. The number of carbonyl (C=O) groups is 1. The average molecular weight is 414 g/mol. The fourth-order valence-corrected chi connectivity index (χ4v) is 3.71. The number of imidazole rings is 1. The summed E-state index contributed by atoms with van der Waals surface area (Å²) in [5, 5.41) is 10.5. The van der Waals surface area contributed by atoms with Crippen molar-refractivity contribution < 1.29 is 14.6 Å². The van der Waals surface area contributed by atoms with E-state index >= 15 is 0 Å². The number of nitrogens with two attached hydrogens (primary N) is 1. The van der Waals surface area contributed by atoms with Crippen molar-refractivity contribution in [2.45, 2.75) is 26.1 Å². The summed E-state index contributed by atoms with van der Waals surface area (Å²) in [6.45, 7) is 2.30. The molecule has 0 saturated heterocycles. The van der Waals surface area contributed by atoms with Crippen molar-refractivity contribution >= 4 is 28.7 Å². The molecule has 0 aliphatic carbocycles.